The van der Waals surface area contributed by atoms with Crippen LogP contribution in [-0.4, -0.2) is 76.4 Å². The summed E-state index contributed by atoms with van der Waals surface area (Å²) in [6.07, 6.45) is 3.47. The van der Waals surface area contributed by atoms with Crippen molar-refractivity contribution < 1.29 is 19.8 Å². The lowest BCUT2D eigenvalue weighted by Crippen LogP contribution is -2.63. The zero-order valence-electron chi connectivity index (χ0n) is 11.8. The average molecular weight is 285 g/mol. The van der Waals surface area contributed by atoms with E-state index in [2.05, 4.69) is 10.2 Å². The van der Waals surface area contributed by atoms with Gasteiger partial charge in [-0.2, -0.15) is 0 Å². The quantitative estimate of drug-likeness (QED) is 0.662. The summed E-state index contributed by atoms with van der Waals surface area (Å²) in [6.45, 7) is 3.91. The smallest absolute Gasteiger partial charge is 0.328 e. The van der Waals surface area contributed by atoms with E-state index in [1.54, 1.807) is 4.90 Å². The molecule has 2 rings (SSSR count). The number of hydrogen-bond donors (Lipinski definition) is 3. The zero-order chi connectivity index (χ0) is 14.7. The van der Waals surface area contributed by atoms with Crippen molar-refractivity contribution in [1.82, 2.24) is 15.1 Å². The molecular weight excluding hydrogens is 262 g/mol. The van der Waals surface area contributed by atoms with Gasteiger partial charge in [-0.1, -0.05) is 6.42 Å². The molecule has 0 radical (unpaired) electrons. The van der Waals surface area contributed by atoms with E-state index in [1.165, 1.54) is 12.8 Å². The van der Waals surface area contributed by atoms with Crippen LogP contribution < -0.4 is 5.32 Å². The van der Waals surface area contributed by atoms with E-state index in [-0.39, 0.29) is 6.04 Å². The highest BCUT2D eigenvalue weighted by molar-refractivity contribution is 5.82. The summed E-state index contributed by atoms with van der Waals surface area (Å²) < 4.78 is 0. The van der Waals surface area contributed by atoms with Crippen molar-refractivity contribution >= 4 is 12.0 Å². The Hall–Kier alpha value is -1.34. The molecule has 0 spiro atoms. The molecule has 0 bridgehead atoms. The average Bonchev–Trinajstić information content (AvgIpc) is 2.43. The van der Waals surface area contributed by atoms with Gasteiger partial charge in [-0.3, -0.25) is 4.90 Å². The van der Waals surface area contributed by atoms with E-state index in [1.807, 2.05) is 6.92 Å². The van der Waals surface area contributed by atoms with Crippen molar-refractivity contribution in [1.29, 1.82) is 0 Å². The predicted molar refractivity (Wildman–Crippen MR) is 72.4 cm³/mol. The fourth-order valence-corrected chi connectivity index (χ4v) is 3.05. The second-order valence-electron chi connectivity index (χ2n) is 5.67. The van der Waals surface area contributed by atoms with E-state index in [0.717, 1.165) is 19.5 Å². The van der Waals surface area contributed by atoms with Gasteiger partial charge in [-0.15, -0.1) is 0 Å². The second kappa shape index (κ2) is 6.41. The highest BCUT2D eigenvalue weighted by Crippen LogP contribution is 2.23. The number of nitrogens with one attached hydrogen (secondary N) is 1. The maximum Gasteiger partial charge on any atom is 0.328 e. The molecule has 7 nitrogen and oxygen atoms in total. The number of hydrogen-bond acceptors (Lipinski definition) is 4. The Morgan fingerprint density at radius 3 is 2.75 bits per heavy atom. The number of carboxylic acids is 1. The summed E-state index contributed by atoms with van der Waals surface area (Å²) in [7, 11) is 0. The van der Waals surface area contributed by atoms with Crippen LogP contribution in [-0.2, 0) is 4.79 Å². The Morgan fingerprint density at radius 1 is 1.35 bits per heavy atom. The lowest BCUT2D eigenvalue weighted by atomic mass is 9.97. The van der Waals surface area contributed by atoms with Gasteiger partial charge in [0, 0.05) is 25.2 Å². The van der Waals surface area contributed by atoms with Crippen molar-refractivity contribution in [2.24, 2.45) is 0 Å². The molecule has 0 aromatic heterocycles. The van der Waals surface area contributed by atoms with Gasteiger partial charge in [0.1, 0.15) is 0 Å². The van der Waals surface area contributed by atoms with E-state index in [4.69, 9.17) is 10.2 Å². The van der Waals surface area contributed by atoms with Crippen molar-refractivity contribution in [2.75, 3.05) is 26.2 Å². The maximum atomic E-state index is 12.2. The number of carbonyl (C=O) groups excluding carboxylic acids is 1. The molecule has 2 saturated heterocycles. The third-order valence-electron chi connectivity index (χ3n) is 4.23. The molecule has 0 aliphatic carbocycles. The van der Waals surface area contributed by atoms with E-state index < -0.39 is 24.6 Å². The maximum absolute atomic E-state index is 12.2. The number of aliphatic hydroxyl groups is 1. The topological polar surface area (TPSA) is 93.1 Å². The van der Waals surface area contributed by atoms with Crippen molar-refractivity contribution in [2.45, 2.75) is 44.3 Å². The Kier molecular flexibility index (Phi) is 4.82. The SMILES string of the molecule is CC1CN2CCCCC2CN1C(=O)N[C@@H](CO)C(=O)O. The summed E-state index contributed by atoms with van der Waals surface area (Å²) in [5.74, 6) is -1.22. The summed E-state index contributed by atoms with van der Waals surface area (Å²) in [5, 5.41) is 20.2. The summed E-state index contributed by atoms with van der Waals surface area (Å²) in [5.41, 5.74) is 0. The minimum absolute atomic E-state index is 0.0532. The van der Waals surface area contributed by atoms with Gasteiger partial charge >= 0.3 is 12.0 Å². The highest BCUT2D eigenvalue weighted by Gasteiger charge is 2.36. The van der Waals surface area contributed by atoms with Crippen LogP contribution in [0.4, 0.5) is 4.79 Å². The summed E-state index contributed by atoms with van der Waals surface area (Å²) >= 11 is 0. The van der Waals surface area contributed by atoms with Crippen LogP contribution in [0, 0.1) is 0 Å². The first-order valence-corrected chi connectivity index (χ1v) is 7.17. The fraction of sp³-hybridized carbons (Fsp3) is 0.846. The minimum Gasteiger partial charge on any atom is -0.480 e. The van der Waals surface area contributed by atoms with Crippen molar-refractivity contribution in [3.63, 3.8) is 0 Å². The number of amides is 2. The van der Waals surface area contributed by atoms with E-state index in [9.17, 15) is 9.59 Å². The van der Waals surface area contributed by atoms with Crippen molar-refractivity contribution in [3.8, 4) is 0 Å². The molecule has 0 aromatic carbocycles. The number of carbonyl (C=O) groups is 2. The third-order valence-corrected chi connectivity index (χ3v) is 4.23. The van der Waals surface area contributed by atoms with Gasteiger partial charge in [0.25, 0.3) is 0 Å². The number of urea groups is 1. The Morgan fingerprint density at radius 2 is 2.10 bits per heavy atom. The van der Waals surface area contributed by atoms with Gasteiger partial charge in [-0.25, -0.2) is 9.59 Å². The summed E-state index contributed by atoms with van der Waals surface area (Å²) in [4.78, 5) is 27.1. The van der Waals surface area contributed by atoms with Crippen LogP contribution >= 0.6 is 0 Å². The van der Waals surface area contributed by atoms with Crippen LogP contribution in [0.25, 0.3) is 0 Å². The molecule has 0 aromatic rings. The highest BCUT2D eigenvalue weighted by atomic mass is 16.4. The van der Waals surface area contributed by atoms with Crippen LogP contribution in [0.5, 0.6) is 0 Å². The summed E-state index contributed by atoms with van der Waals surface area (Å²) in [6, 6.07) is -1.20. The molecule has 2 heterocycles. The monoisotopic (exact) mass is 285 g/mol. The second-order valence-corrected chi connectivity index (χ2v) is 5.67. The number of piperazine rings is 1. The minimum atomic E-state index is -1.24. The number of piperidine rings is 1. The molecule has 7 heteroatoms. The third kappa shape index (κ3) is 3.21. The van der Waals surface area contributed by atoms with E-state index >= 15 is 0 Å². The first-order chi connectivity index (χ1) is 9.52. The number of aliphatic hydroxyl groups excluding tert-OH is 1. The van der Waals surface area contributed by atoms with Crippen LogP contribution in [0.15, 0.2) is 0 Å². The molecule has 3 N–H and O–H groups in total. The number of aliphatic carboxylic acids is 1. The number of carboxylic acid groups (broad SMARTS) is 1. The first-order valence-electron chi connectivity index (χ1n) is 7.17. The largest absolute Gasteiger partial charge is 0.480 e. The normalized spacial score (nSPS) is 28.6. The number of fused-ring (bicyclic) bond motifs is 1. The lowest BCUT2D eigenvalue weighted by Gasteiger charge is -2.47. The van der Waals surface area contributed by atoms with Gasteiger partial charge < -0.3 is 20.4 Å². The van der Waals surface area contributed by atoms with E-state index in [0.29, 0.717) is 12.6 Å². The molecule has 20 heavy (non-hydrogen) atoms. The Bertz CT molecular complexity index is 377. The molecular formula is C13H23N3O4. The standard InChI is InChI=1S/C13H23N3O4/c1-9-6-15-5-3-2-4-10(15)7-16(9)13(20)14-11(8-17)12(18)19/h9-11,17H,2-8H2,1H3,(H,14,20)(H,18,19)/t9?,10?,11-/m0/s1. The molecule has 114 valence electrons. The molecule has 2 aliphatic rings. The molecule has 0 saturated carbocycles. The van der Waals surface area contributed by atoms with Crippen LogP contribution in [0.3, 0.4) is 0 Å². The van der Waals surface area contributed by atoms with Crippen molar-refractivity contribution in [3.05, 3.63) is 0 Å². The molecule has 2 unspecified atom stereocenters. The van der Waals surface area contributed by atoms with Gasteiger partial charge in [0.15, 0.2) is 6.04 Å². The van der Waals surface area contributed by atoms with Gasteiger partial charge in [0.2, 0.25) is 0 Å². The molecule has 2 fully saturated rings. The van der Waals surface area contributed by atoms with Crippen LogP contribution in [0.2, 0.25) is 0 Å². The fourth-order valence-electron chi connectivity index (χ4n) is 3.05. The Labute approximate surface area is 118 Å². The lowest BCUT2D eigenvalue weighted by molar-refractivity contribution is -0.140. The molecule has 2 aliphatic heterocycles. The molecule has 2 amide bonds. The van der Waals surface area contributed by atoms with Gasteiger partial charge in [-0.05, 0) is 26.3 Å². The van der Waals surface area contributed by atoms with Crippen LogP contribution in [0.1, 0.15) is 26.2 Å². The van der Waals surface area contributed by atoms with Gasteiger partial charge in [0.05, 0.1) is 6.61 Å². The number of nitrogens with zero attached hydrogens (tertiary/aromatic N) is 2. The first kappa shape index (κ1) is 15.1. The molecule has 3 atom stereocenters. The zero-order valence-corrected chi connectivity index (χ0v) is 11.8. The number of rotatable bonds is 3. The predicted octanol–water partition coefficient (Wildman–Crippen LogP) is -0.300. The Balaban J connectivity index is 1.96.